The third kappa shape index (κ3) is 15.7. The fourth-order valence-corrected chi connectivity index (χ4v) is 1.48. The Morgan fingerprint density at radius 3 is 0.909 bits per heavy atom. The molecule has 0 saturated carbocycles. The van der Waals surface area contributed by atoms with E-state index in [1.54, 1.807) is 0 Å². The Kier molecular flexibility index (Phi) is 16.6. The second-order valence-corrected chi connectivity index (χ2v) is 4.00. The second kappa shape index (κ2) is 13.9. The normalized spacial score (nSPS) is 9.73. The van der Waals surface area contributed by atoms with Crippen LogP contribution in [0.5, 0.6) is 0 Å². The molecule has 0 aromatic rings. The molecule has 0 aliphatic heterocycles. The summed E-state index contributed by atoms with van der Waals surface area (Å²) >= 11 is 0. The number of carboxylic acids is 4. The van der Waals surface area contributed by atoms with Crippen LogP contribution >= 0.6 is 0 Å². The minimum atomic E-state index is -1.23. The van der Waals surface area contributed by atoms with Gasteiger partial charge in [0.1, 0.15) is 0 Å². The molecular formula is C10H16FeN2NaO8+6. The number of rotatable bonds is 11. The van der Waals surface area contributed by atoms with Crippen molar-refractivity contribution in [2.24, 2.45) is 0 Å². The molecule has 4 N–H and O–H groups in total. The zero-order valence-electron chi connectivity index (χ0n) is 11.9. The summed E-state index contributed by atoms with van der Waals surface area (Å²) in [7, 11) is 0. The van der Waals surface area contributed by atoms with Gasteiger partial charge in [0.2, 0.25) is 0 Å². The van der Waals surface area contributed by atoms with Crippen LogP contribution in [0.2, 0.25) is 0 Å². The van der Waals surface area contributed by atoms with Crippen LogP contribution in [-0.2, 0) is 36.2 Å². The van der Waals surface area contributed by atoms with Gasteiger partial charge in [-0.2, -0.15) is 0 Å². The topological polar surface area (TPSA) is 156 Å². The predicted octanol–water partition coefficient (Wildman–Crippen LogP) is -5.07. The van der Waals surface area contributed by atoms with Crippen LogP contribution in [0.3, 0.4) is 0 Å². The van der Waals surface area contributed by atoms with Crippen LogP contribution in [0, 0.1) is 0 Å². The van der Waals surface area contributed by atoms with E-state index in [0.29, 0.717) is 0 Å². The molecule has 0 unspecified atom stereocenters. The molecule has 22 heavy (non-hydrogen) atoms. The zero-order chi connectivity index (χ0) is 15.7. The number of aliphatic carboxylic acids is 4. The van der Waals surface area contributed by atoms with Gasteiger partial charge >= 0.3 is 70.5 Å². The van der Waals surface area contributed by atoms with E-state index in [1.807, 2.05) is 0 Å². The smallest absolute Gasteiger partial charge is 0.480 e. The Hall–Kier alpha value is -0.681. The molecule has 0 amide bonds. The van der Waals surface area contributed by atoms with Crippen LogP contribution in [0.1, 0.15) is 0 Å². The van der Waals surface area contributed by atoms with Gasteiger partial charge in [0, 0.05) is 13.1 Å². The van der Waals surface area contributed by atoms with Crippen molar-refractivity contribution < 1.29 is 86.2 Å². The first kappa shape index (κ1) is 26.2. The van der Waals surface area contributed by atoms with Crippen molar-refractivity contribution >= 4 is 23.9 Å². The van der Waals surface area contributed by atoms with E-state index in [0.717, 1.165) is 9.80 Å². The number of hydrogen-bond donors (Lipinski definition) is 4. The third-order valence-electron chi connectivity index (χ3n) is 2.17. The Morgan fingerprint density at radius 2 is 0.773 bits per heavy atom. The number of carboxylic acid groups (broad SMARTS) is 4. The molecular weight excluding hydrogens is 355 g/mol. The first-order valence-electron chi connectivity index (χ1n) is 5.52. The summed E-state index contributed by atoms with van der Waals surface area (Å²) in [5, 5.41) is 34.5. The van der Waals surface area contributed by atoms with Crippen molar-refractivity contribution in [2.75, 3.05) is 39.3 Å². The average Bonchev–Trinajstić information content (AvgIpc) is 2.22. The molecule has 117 valence electrons. The maximum atomic E-state index is 10.6. The molecule has 0 aromatic heterocycles. The third-order valence-corrected chi connectivity index (χ3v) is 2.17. The first-order chi connectivity index (χ1) is 9.20. The van der Waals surface area contributed by atoms with E-state index in [1.165, 1.54) is 0 Å². The molecule has 0 bridgehead atoms. The van der Waals surface area contributed by atoms with Crippen LogP contribution in [0.25, 0.3) is 0 Å². The summed E-state index contributed by atoms with van der Waals surface area (Å²) < 4.78 is 0. The standard InChI is InChI=1S/C10H16N2O8.Fe.Na/c13-7(14)3-11(4-8(15)16)1-2-12(5-9(17)18)6-10(19)20;;/h1-6H2,(H,13,14)(H,15,16)(H,17,18)(H,19,20);;/q;+5;+1. The van der Waals surface area contributed by atoms with E-state index in [9.17, 15) is 19.2 Å². The molecule has 1 radical (unpaired) electrons. The van der Waals surface area contributed by atoms with Crippen LogP contribution in [0.15, 0.2) is 0 Å². The van der Waals surface area contributed by atoms with Crippen molar-refractivity contribution in [2.45, 2.75) is 0 Å². The number of nitrogens with zero attached hydrogens (tertiary/aromatic N) is 2. The van der Waals surface area contributed by atoms with Crippen molar-refractivity contribution in [3.63, 3.8) is 0 Å². The van der Waals surface area contributed by atoms with Gasteiger partial charge in [-0.1, -0.05) is 0 Å². The Labute approximate surface area is 158 Å². The molecule has 0 atom stereocenters. The second-order valence-electron chi connectivity index (χ2n) is 4.00. The van der Waals surface area contributed by atoms with E-state index in [-0.39, 0.29) is 59.7 Å². The largest absolute Gasteiger partial charge is 5.00 e. The molecule has 0 saturated heterocycles. The van der Waals surface area contributed by atoms with Gasteiger partial charge in [-0.25, -0.2) is 0 Å². The van der Waals surface area contributed by atoms with Gasteiger partial charge in [-0.15, -0.1) is 0 Å². The number of carbonyl (C=O) groups is 4. The SMILES string of the molecule is O=C(O)CN(CCN(CC(=O)O)CC(=O)O)CC(=O)O.[Fe+5].[Na+]. The number of hydrogen-bond acceptors (Lipinski definition) is 6. The summed E-state index contributed by atoms with van der Waals surface area (Å²) in [6.07, 6.45) is 0. The van der Waals surface area contributed by atoms with Crippen molar-refractivity contribution in [3.05, 3.63) is 0 Å². The first-order valence-corrected chi connectivity index (χ1v) is 5.52. The van der Waals surface area contributed by atoms with Crippen LogP contribution < -0.4 is 29.6 Å². The predicted molar refractivity (Wildman–Crippen MR) is 63.4 cm³/mol. The summed E-state index contributed by atoms with van der Waals surface area (Å²) in [4.78, 5) is 44.4. The Balaban J connectivity index is -0.00000180. The fourth-order valence-electron chi connectivity index (χ4n) is 1.48. The van der Waals surface area contributed by atoms with E-state index < -0.39 is 50.1 Å². The van der Waals surface area contributed by atoms with Gasteiger partial charge in [0.25, 0.3) is 0 Å². The van der Waals surface area contributed by atoms with Crippen LogP contribution in [0.4, 0.5) is 0 Å². The van der Waals surface area contributed by atoms with Gasteiger partial charge in [-0.05, 0) is 0 Å². The van der Waals surface area contributed by atoms with Gasteiger partial charge < -0.3 is 20.4 Å². The van der Waals surface area contributed by atoms with Crippen LogP contribution in [-0.4, -0.2) is 93.4 Å². The van der Waals surface area contributed by atoms with E-state index >= 15 is 0 Å². The van der Waals surface area contributed by atoms with Crippen molar-refractivity contribution in [3.8, 4) is 0 Å². The Bertz CT molecular complexity index is 327. The maximum absolute atomic E-state index is 10.6. The van der Waals surface area contributed by atoms with Gasteiger partial charge in [0.05, 0.1) is 26.2 Å². The molecule has 0 spiro atoms. The van der Waals surface area contributed by atoms with Gasteiger partial charge in [0.15, 0.2) is 0 Å². The summed E-state index contributed by atoms with van der Waals surface area (Å²) in [5.41, 5.74) is 0. The zero-order valence-corrected chi connectivity index (χ0v) is 15.0. The summed E-state index contributed by atoms with van der Waals surface area (Å²) in [5.74, 6) is -4.91. The molecule has 0 aliphatic rings. The van der Waals surface area contributed by atoms with Crippen molar-refractivity contribution in [1.82, 2.24) is 9.80 Å². The minimum absolute atomic E-state index is 0. The molecule has 0 fully saturated rings. The quantitative estimate of drug-likeness (QED) is 0.259. The summed E-state index contributed by atoms with van der Waals surface area (Å²) in [6.45, 7) is -2.25. The molecule has 0 aliphatic carbocycles. The minimum Gasteiger partial charge on any atom is -0.480 e. The Morgan fingerprint density at radius 1 is 0.591 bits per heavy atom. The fraction of sp³-hybridized carbons (Fsp3) is 0.600. The average molecular weight is 371 g/mol. The van der Waals surface area contributed by atoms with E-state index in [2.05, 4.69) is 0 Å². The molecule has 12 heteroatoms. The monoisotopic (exact) mass is 371 g/mol. The van der Waals surface area contributed by atoms with E-state index in [4.69, 9.17) is 20.4 Å². The molecule has 0 heterocycles. The summed E-state index contributed by atoms with van der Waals surface area (Å²) in [6, 6.07) is 0. The van der Waals surface area contributed by atoms with Crippen molar-refractivity contribution in [1.29, 1.82) is 0 Å². The molecule has 10 nitrogen and oxygen atoms in total. The molecule has 0 rings (SSSR count). The van der Waals surface area contributed by atoms with Gasteiger partial charge in [-0.3, -0.25) is 29.0 Å². The maximum Gasteiger partial charge on any atom is 5.00 e. The molecule has 0 aromatic carbocycles.